The fourth-order valence-electron chi connectivity index (χ4n) is 11.5. The SMILES string of the molecule is c1ccc(-c2cc(-c3cc(-c4ccc(-c5nc(-c6ccccc6)nc(-c6ccccc6)n5)c(-c5ccc6c(c5)c5ccccc5n6-c5ccccc5)c4)cc(-c4cc(-c5ccccc5)nc(-c5ccccc5)c4)n3)cc(-c3ccccc3)n2)cc1. The molecule has 0 aliphatic carbocycles. The second-order valence-corrected chi connectivity index (χ2v) is 21.1. The number of hydrogen-bond acceptors (Lipinski definition) is 6. The summed E-state index contributed by atoms with van der Waals surface area (Å²) >= 11 is 0. The molecule has 7 nitrogen and oxygen atoms in total. The molecular formula is C78H51N7. The zero-order valence-electron chi connectivity index (χ0n) is 46.1. The van der Waals surface area contributed by atoms with Crippen molar-refractivity contribution in [3.05, 3.63) is 309 Å². The number of pyridine rings is 3. The minimum Gasteiger partial charge on any atom is -0.309 e. The summed E-state index contributed by atoms with van der Waals surface area (Å²) in [4.78, 5) is 32.0. The molecular weight excluding hydrogens is 1030 g/mol. The fraction of sp³-hybridized carbons (Fsp3) is 0. The molecule has 0 unspecified atom stereocenters. The van der Waals surface area contributed by atoms with E-state index in [0.717, 1.165) is 134 Å². The molecule has 398 valence electrons. The Bertz CT molecular complexity index is 4580. The summed E-state index contributed by atoms with van der Waals surface area (Å²) in [6, 6.07) is 108. The van der Waals surface area contributed by atoms with E-state index in [9.17, 15) is 0 Å². The van der Waals surface area contributed by atoms with Gasteiger partial charge in [0.25, 0.3) is 0 Å². The molecule has 0 amide bonds. The first-order chi connectivity index (χ1) is 42.1. The Balaban J connectivity index is 0.995. The van der Waals surface area contributed by atoms with E-state index in [2.05, 4.69) is 253 Å². The van der Waals surface area contributed by atoms with Gasteiger partial charge < -0.3 is 4.57 Å². The van der Waals surface area contributed by atoms with E-state index in [1.165, 1.54) is 0 Å². The zero-order valence-corrected chi connectivity index (χ0v) is 46.1. The highest BCUT2D eigenvalue weighted by molar-refractivity contribution is 6.11. The van der Waals surface area contributed by atoms with Gasteiger partial charge in [0.15, 0.2) is 17.5 Å². The third-order valence-corrected chi connectivity index (χ3v) is 15.6. The van der Waals surface area contributed by atoms with Crippen LogP contribution >= 0.6 is 0 Å². The number of rotatable bonds is 12. The average molecular weight is 1090 g/mol. The second kappa shape index (κ2) is 22.1. The number of benzene rings is 10. The van der Waals surface area contributed by atoms with Gasteiger partial charge in [0.05, 0.1) is 45.2 Å². The van der Waals surface area contributed by atoms with Crippen molar-refractivity contribution in [3.8, 4) is 130 Å². The molecule has 0 saturated carbocycles. The van der Waals surface area contributed by atoms with Crippen molar-refractivity contribution in [2.45, 2.75) is 0 Å². The normalized spacial score (nSPS) is 11.3. The van der Waals surface area contributed by atoms with Crippen molar-refractivity contribution in [2.24, 2.45) is 0 Å². The highest BCUT2D eigenvalue weighted by Crippen LogP contribution is 2.42. The van der Waals surface area contributed by atoms with E-state index in [0.29, 0.717) is 17.5 Å². The molecule has 0 spiro atoms. The average Bonchev–Trinajstić information content (AvgIpc) is 3.06. The molecule has 0 atom stereocenters. The van der Waals surface area contributed by atoms with Gasteiger partial charge in [-0.3, -0.25) is 0 Å². The molecule has 0 aliphatic rings. The molecule has 5 heterocycles. The van der Waals surface area contributed by atoms with Crippen LogP contribution in [0.15, 0.2) is 309 Å². The maximum atomic E-state index is 5.67. The summed E-state index contributed by atoms with van der Waals surface area (Å²) in [7, 11) is 0. The quantitative estimate of drug-likeness (QED) is 0.121. The van der Waals surface area contributed by atoms with Gasteiger partial charge >= 0.3 is 0 Å². The molecule has 5 aromatic heterocycles. The molecule has 10 aromatic carbocycles. The largest absolute Gasteiger partial charge is 0.309 e. The van der Waals surface area contributed by atoms with Crippen LogP contribution in [0.2, 0.25) is 0 Å². The highest BCUT2D eigenvalue weighted by Gasteiger charge is 2.22. The highest BCUT2D eigenvalue weighted by atomic mass is 15.0. The van der Waals surface area contributed by atoms with Crippen LogP contribution < -0.4 is 0 Å². The summed E-state index contributed by atoms with van der Waals surface area (Å²) in [6.07, 6.45) is 0. The van der Waals surface area contributed by atoms with Crippen LogP contribution in [0.25, 0.3) is 151 Å². The monoisotopic (exact) mass is 1090 g/mol. The molecule has 0 bridgehead atoms. The molecule has 15 rings (SSSR count). The van der Waals surface area contributed by atoms with Crippen molar-refractivity contribution >= 4 is 21.8 Å². The van der Waals surface area contributed by atoms with Crippen LogP contribution in [0.3, 0.4) is 0 Å². The Morgan fingerprint density at radius 1 is 0.188 bits per heavy atom. The van der Waals surface area contributed by atoms with E-state index in [1.807, 2.05) is 60.7 Å². The standard InChI is InChI=1S/C78H51N7/c1-8-24-52(25-9-1)68-48-61(49-69(79-68)53-26-10-2-11-27-53)72-46-60(47-73(81-72)62-50-70(54-28-12-3-13-29-54)80-71(51-62)55-30-14-4-15-31-55)58-40-42-65(78-83-76(56-32-16-5-17-33-56)82-77(84-78)57-34-18-6-19-35-57)66(44-58)59-41-43-75-67(45-59)64-38-22-23-39-74(64)85(75)63-36-20-7-21-37-63/h1-51H. The molecule has 15 aromatic rings. The molecule has 0 fully saturated rings. The van der Waals surface area contributed by atoms with E-state index < -0.39 is 0 Å². The Hall–Kier alpha value is -11.5. The first kappa shape index (κ1) is 50.4. The topological polar surface area (TPSA) is 82.3 Å². The van der Waals surface area contributed by atoms with Gasteiger partial charge in [0.2, 0.25) is 0 Å². The summed E-state index contributed by atoms with van der Waals surface area (Å²) in [6.45, 7) is 0. The second-order valence-electron chi connectivity index (χ2n) is 21.1. The lowest BCUT2D eigenvalue weighted by Crippen LogP contribution is -2.01. The van der Waals surface area contributed by atoms with E-state index >= 15 is 0 Å². The van der Waals surface area contributed by atoms with Gasteiger partial charge in [0, 0.05) is 66.5 Å². The van der Waals surface area contributed by atoms with Crippen molar-refractivity contribution < 1.29 is 0 Å². The number of aromatic nitrogens is 7. The van der Waals surface area contributed by atoms with E-state index in [1.54, 1.807) is 0 Å². The third-order valence-electron chi connectivity index (χ3n) is 15.6. The molecule has 0 aliphatic heterocycles. The summed E-state index contributed by atoms with van der Waals surface area (Å²) < 4.78 is 2.35. The Labute approximate surface area is 492 Å². The summed E-state index contributed by atoms with van der Waals surface area (Å²) in [5.74, 6) is 1.75. The zero-order chi connectivity index (χ0) is 56.5. The number of fused-ring (bicyclic) bond motifs is 3. The van der Waals surface area contributed by atoms with Crippen molar-refractivity contribution in [1.29, 1.82) is 0 Å². The number of para-hydroxylation sites is 2. The van der Waals surface area contributed by atoms with E-state index in [-0.39, 0.29) is 0 Å². The lowest BCUT2D eigenvalue weighted by molar-refractivity contribution is 1.07. The lowest BCUT2D eigenvalue weighted by atomic mass is 9.92. The maximum absolute atomic E-state index is 5.67. The summed E-state index contributed by atoms with van der Waals surface area (Å²) in [5.41, 5.74) is 20.9. The molecule has 85 heavy (non-hydrogen) atoms. The van der Waals surface area contributed by atoms with Crippen LogP contribution in [0, 0.1) is 0 Å². The van der Waals surface area contributed by atoms with Crippen LogP contribution in [0.1, 0.15) is 0 Å². The van der Waals surface area contributed by atoms with Crippen LogP contribution in [-0.2, 0) is 0 Å². The summed E-state index contributed by atoms with van der Waals surface area (Å²) in [5, 5.41) is 2.29. The van der Waals surface area contributed by atoms with Crippen LogP contribution in [-0.4, -0.2) is 34.5 Å². The van der Waals surface area contributed by atoms with Crippen LogP contribution in [0.4, 0.5) is 0 Å². The molecule has 0 saturated heterocycles. The smallest absolute Gasteiger partial charge is 0.164 e. The van der Waals surface area contributed by atoms with Crippen molar-refractivity contribution in [3.63, 3.8) is 0 Å². The van der Waals surface area contributed by atoms with Gasteiger partial charge in [-0.15, -0.1) is 0 Å². The predicted molar refractivity (Wildman–Crippen MR) is 347 cm³/mol. The van der Waals surface area contributed by atoms with Gasteiger partial charge in [-0.25, -0.2) is 29.9 Å². The minimum atomic E-state index is 0.564. The Morgan fingerprint density at radius 2 is 0.541 bits per heavy atom. The van der Waals surface area contributed by atoms with Gasteiger partial charge in [-0.1, -0.05) is 231 Å². The lowest BCUT2D eigenvalue weighted by Gasteiger charge is -2.17. The number of nitrogens with zero attached hydrogens (tertiary/aromatic N) is 7. The minimum absolute atomic E-state index is 0.564. The first-order valence-electron chi connectivity index (χ1n) is 28.5. The van der Waals surface area contributed by atoms with E-state index in [4.69, 9.17) is 29.9 Å². The first-order valence-corrected chi connectivity index (χ1v) is 28.5. The van der Waals surface area contributed by atoms with Gasteiger partial charge in [-0.2, -0.15) is 0 Å². The Kier molecular flexibility index (Phi) is 13.1. The molecule has 7 heteroatoms. The van der Waals surface area contributed by atoms with Gasteiger partial charge in [0.1, 0.15) is 0 Å². The maximum Gasteiger partial charge on any atom is 0.164 e. The fourth-order valence-corrected chi connectivity index (χ4v) is 11.5. The van der Waals surface area contributed by atoms with Crippen molar-refractivity contribution in [2.75, 3.05) is 0 Å². The molecule has 0 N–H and O–H groups in total. The number of hydrogen-bond donors (Lipinski definition) is 0. The van der Waals surface area contributed by atoms with Crippen molar-refractivity contribution in [1.82, 2.24) is 34.5 Å². The predicted octanol–water partition coefficient (Wildman–Crippen LogP) is 19.5. The third kappa shape index (κ3) is 10.0. The Morgan fingerprint density at radius 3 is 1.00 bits per heavy atom. The molecule has 0 radical (unpaired) electrons. The van der Waals surface area contributed by atoms with Crippen LogP contribution in [0.5, 0.6) is 0 Å². The van der Waals surface area contributed by atoms with Gasteiger partial charge in [-0.05, 0) is 101 Å².